The van der Waals surface area contributed by atoms with Crippen LogP contribution in [0.25, 0.3) is 5.57 Å². The van der Waals surface area contributed by atoms with Gasteiger partial charge in [-0.25, -0.2) is 4.98 Å². The molecule has 0 saturated heterocycles. The van der Waals surface area contributed by atoms with E-state index in [-0.39, 0.29) is 0 Å². The van der Waals surface area contributed by atoms with Crippen molar-refractivity contribution in [2.75, 3.05) is 12.8 Å². The Balaban J connectivity index is 2.56. The zero-order valence-corrected chi connectivity index (χ0v) is 11.5. The third kappa shape index (κ3) is 2.71. The first-order chi connectivity index (χ1) is 8.72. The van der Waals surface area contributed by atoms with Crippen molar-refractivity contribution in [3.63, 3.8) is 0 Å². The minimum absolute atomic E-state index is 0.477. The lowest BCUT2D eigenvalue weighted by Gasteiger charge is -2.10. The third-order valence-corrected chi connectivity index (χ3v) is 2.93. The lowest BCUT2D eigenvalue weighted by molar-refractivity contribution is 0.340. The van der Waals surface area contributed by atoms with Gasteiger partial charge >= 0.3 is 0 Å². The van der Waals surface area contributed by atoms with Crippen LogP contribution < -0.4 is 5.73 Å². The number of anilines is 1. The van der Waals surface area contributed by atoms with Gasteiger partial charge in [-0.2, -0.15) is 0 Å². The van der Waals surface area contributed by atoms with E-state index in [9.17, 15) is 0 Å². The largest absolute Gasteiger partial charge is 0.504 e. The van der Waals surface area contributed by atoms with E-state index in [1.165, 1.54) is 0 Å². The van der Waals surface area contributed by atoms with Crippen LogP contribution in [0.3, 0.4) is 0 Å². The van der Waals surface area contributed by atoms with Gasteiger partial charge in [0.2, 0.25) is 0 Å². The van der Waals surface area contributed by atoms with Crippen LogP contribution in [0.1, 0.15) is 11.1 Å². The highest BCUT2D eigenvalue weighted by molar-refractivity contribution is 9.10. The minimum atomic E-state index is 0.477. The Morgan fingerprint density at radius 3 is 2.72 bits per heavy atom. The first-order valence-electron chi connectivity index (χ1n) is 5.42. The van der Waals surface area contributed by atoms with E-state index >= 15 is 0 Å². The minimum Gasteiger partial charge on any atom is -0.504 e. The summed E-state index contributed by atoms with van der Waals surface area (Å²) in [5.41, 5.74) is 8.71. The summed E-state index contributed by atoms with van der Waals surface area (Å²) in [4.78, 5) is 4.14. The van der Waals surface area contributed by atoms with Gasteiger partial charge in [-0.1, -0.05) is 30.3 Å². The summed E-state index contributed by atoms with van der Waals surface area (Å²) in [6.45, 7) is 0. The van der Waals surface area contributed by atoms with Crippen molar-refractivity contribution in [3.05, 3.63) is 64.5 Å². The fourth-order valence-corrected chi connectivity index (χ4v) is 2.02. The number of aromatic nitrogens is 1. The summed E-state index contributed by atoms with van der Waals surface area (Å²) in [5, 5.41) is 0. The van der Waals surface area contributed by atoms with E-state index in [2.05, 4.69) is 20.9 Å². The molecule has 1 aromatic heterocycles. The van der Waals surface area contributed by atoms with Crippen molar-refractivity contribution in [1.82, 2.24) is 4.98 Å². The molecule has 2 N–H and O–H groups in total. The number of halogens is 1. The predicted molar refractivity (Wildman–Crippen MR) is 76.9 cm³/mol. The Labute approximate surface area is 114 Å². The maximum absolute atomic E-state index is 5.93. The van der Waals surface area contributed by atoms with Crippen molar-refractivity contribution in [3.8, 4) is 0 Å². The molecule has 0 saturated carbocycles. The van der Waals surface area contributed by atoms with Crippen LogP contribution in [0.15, 0.2) is 53.3 Å². The van der Waals surface area contributed by atoms with Gasteiger partial charge in [0.1, 0.15) is 5.82 Å². The van der Waals surface area contributed by atoms with Crippen molar-refractivity contribution < 1.29 is 4.74 Å². The summed E-state index contributed by atoms with van der Waals surface area (Å²) in [7, 11) is 1.62. The monoisotopic (exact) mass is 304 g/mol. The number of benzene rings is 1. The highest BCUT2D eigenvalue weighted by atomic mass is 79.9. The Hall–Kier alpha value is -1.81. The third-order valence-electron chi connectivity index (χ3n) is 2.50. The van der Waals surface area contributed by atoms with E-state index in [0.29, 0.717) is 5.82 Å². The van der Waals surface area contributed by atoms with Gasteiger partial charge in [0.25, 0.3) is 0 Å². The molecule has 2 aromatic rings. The molecule has 3 nitrogen and oxygen atoms in total. The molecule has 1 aromatic carbocycles. The molecule has 1 heterocycles. The number of hydrogen-bond donors (Lipinski definition) is 1. The van der Waals surface area contributed by atoms with E-state index in [0.717, 1.165) is 21.2 Å². The van der Waals surface area contributed by atoms with E-state index in [4.69, 9.17) is 10.5 Å². The molecule has 0 bridgehead atoms. The van der Waals surface area contributed by atoms with Crippen molar-refractivity contribution in [2.24, 2.45) is 0 Å². The Bertz CT molecular complexity index is 567. The maximum atomic E-state index is 5.93. The van der Waals surface area contributed by atoms with Crippen molar-refractivity contribution >= 4 is 27.3 Å². The fraction of sp³-hybridized carbons (Fsp3) is 0.0714. The number of nitrogen functional groups attached to an aromatic ring is 1. The summed E-state index contributed by atoms with van der Waals surface area (Å²) in [6.07, 6.45) is 3.35. The van der Waals surface area contributed by atoms with Crippen LogP contribution in [-0.4, -0.2) is 12.1 Å². The maximum Gasteiger partial charge on any atom is 0.131 e. The molecule has 2 rings (SSSR count). The average molecular weight is 305 g/mol. The smallest absolute Gasteiger partial charge is 0.131 e. The number of hydrogen-bond acceptors (Lipinski definition) is 3. The summed E-state index contributed by atoms with van der Waals surface area (Å²) in [5.74, 6) is 0.477. The highest BCUT2D eigenvalue weighted by Crippen LogP contribution is 2.28. The molecule has 4 heteroatoms. The Kier molecular flexibility index (Phi) is 3.99. The van der Waals surface area contributed by atoms with Gasteiger partial charge in [-0.15, -0.1) is 0 Å². The second kappa shape index (κ2) is 5.69. The molecule has 18 heavy (non-hydrogen) atoms. The molecule has 0 aliphatic carbocycles. The van der Waals surface area contributed by atoms with Gasteiger partial charge in [-0.05, 0) is 27.6 Å². The standard InChI is InChI=1S/C14H13BrN2O/c1-18-9-13(10-5-3-2-4-6-10)12-7-11(15)8-17-14(12)16/h2-9H,1H3,(H2,16,17). The molecule has 0 aliphatic rings. The first-order valence-corrected chi connectivity index (χ1v) is 6.21. The van der Waals surface area contributed by atoms with E-state index in [1.807, 2.05) is 36.4 Å². The molecule has 0 unspecified atom stereocenters. The number of nitrogens with zero attached hydrogens (tertiary/aromatic N) is 1. The molecule has 92 valence electrons. The van der Waals surface area contributed by atoms with Crippen LogP contribution in [0.2, 0.25) is 0 Å². The Morgan fingerprint density at radius 2 is 2.06 bits per heavy atom. The normalized spacial score (nSPS) is 11.3. The summed E-state index contributed by atoms with van der Waals surface area (Å²) in [6, 6.07) is 11.9. The van der Waals surface area contributed by atoms with Gasteiger partial charge < -0.3 is 10.5 Å². The second-order valence-electron chi connectivity index (χ2n) is 3.72. The molecule has 0 fully saturated rings. The van der Waals surface area contributed by atoms with Crippen LogP contribution in [0, 0.1) is 0 Å². The van der Waals surface area contributed by atoms with Crippen molar-refractivity contribution in [1.29, 1.82) is 0 Å². The SMILES string of the molecule is COC=C(c1ccccc1)c1cc(Br)cnc1N. The van der Waals surface area contributed by atoms with Crippen LogP contribution in [0.5, 0.6) is 0 Å². The molecular formula is C14H13BrN2O. The molecule has 0 radical (unpaired) electrons. The topological polar surface area (TPSA) is 48.1 Å². The zero-order valence-electron chi connectivity index (χ0n) is 9.93. The highest BCUT2D eigenvalue weighted by Gasteiger charge is 2.10. The molecule has 0 aliphatic heterocycles. The lowest BCUT2D eigenvalue weighted by Crippen LogP contribution is -1.98. The van der Waals surface area contributed by atoms with Crippen LogP contribution in [0.4, 0.5) is 5.82 Å². The van der Waals surface area contributed by atoms with Crippen LogP contribution in [-0.2, 0) is 4.74 Å². The quantitative estimate of drug-likeness (QED) is 0.883. The summed E-state index contributed by atoms with van der Waals surface area (Å²) < 4.78 is 6.03. The number of nitrogens with two attached hydrogens (primary N) is 1. The summed E-state index contributed by atoms with van der Waals surface area (Å²) >= 11 is 3.40. The van der Waals surface area contributed by atoms with Gasteiger partial charge in [0.05, 0.1) is 13.4 Å². The average Bonchev–Trinajstić information content (AvgIpc) is 2.40. The first kappa shape index (κ1) is 12.6. The number of pyridine rings is 1. The van der Waals surface area contributed by atoms with E-state index in [1.54, 1.807) is 19.6 Å². The van der Waals surface area contributed by atoms with Crippen LogP contribution >= 0.6 is 15.9 Å². The predicted octanol–water partition coefficient (Wildman–Crippen LogP) is 3.46. The van der Waals surface area contributed by atoms with Gasteiger partial charge in [0, 0.05) is 21.8 Å². The molecule has 0 atom stereocenters. The molecule has 0 spiro atoms. The number of ether oxygens (including phenoxy) is 1. The molecular weight excluding hydrogens is 292 g/mol. The van der Waals surface area contributed by atoms with Crippen molar-refractivity contribution in [2.45, 2.75) is 0 Å². The molecule has 0 amide bonds. The Morgan fingerprint density at radius 1 is 1.33 bits per heavy atom. The van der Waals surface area contributed by atoms with E-state index < -0.39 is 0 Å². The fourth-order valence-electron chi connectivity index (χ4n) is 1.69. The zero-order chi connectivity index (χ0) is 13.0. The lowest BCUT2D eigenvalue weighted by atomic mass is 10.00. The number of rotatable bonds is 3. The second-order valence-corrected chi connectivity index (χ2v) is 4.64. The number of methoxy groups -OCH3 is 1. The van der Waals surface area contributed by atoms with Gasteiger partial charge in [-0.3, -0.25) is 0 Å². The van der Waals surface area contributed by atoms with Gasteiger partial charge in [0.15, 0.2) is 0 Å².